The molecule has 1 aromatic carbocycles. The molecular formula is C17H16O6. The van der Waals surface area contributed by atoms with Crippen molar-refractivity contribution in [3.05, 3.63) is 58.8 Å². The molecule has 0 spiro atoms. The van der Waals surface area contributed by atoms with Crippen molar-refractivity contribution >= 4 is 5.78 Å². The molecule has 6 heteroatoms. The summed E-state index contributed by atoms with van der Waals surface area (Å²) in [6.45, 7) is 0. The Balaban J connectivity index is 1.97. The van der Waals surface area contributed by atoms with Gasteiger partial charge in [-0.15, -0.1) is 0 Å². The summed E-state index contributed by atoms with van der Waals surface area (Å²) in [5, 5.41) is 30.1. The molecule has 1 atom stereocenters. The van der Waals surface area contributed by atoms with Crippen LogP contribution in [0.4, 0.5) is 0 Å². The van der Waals surface area contributed by atoms with Crippen molar-refractivity contribution in [1.82, 2.24) is 0 Å². The molecule has 3 N–H and O–H groups in total. The van der Waals surface area contributed by atoms with Gasteiger partial charge in [-0.2, -0.15) is 0 Å². The molecule has 3 rings (SSSR count). The second-order valence-corrected chi connectivity index (χ2v) is 5.33. The van der Waals surface area contributed by atoms with E-state index in [1.54, 1.807) is 12.1 Å². The van der Waals surface area contributed by atoms with Crippen molar-refractivity contribution in [1.29, 1.82) is 0 Å². The predicted octanol–water partition coefficient (Wildman–Crippen LogP) is 2.97. The van der Waals surface area contributed by atoms with Gasteiger partial charge < -0.3 is 24.8 Å². The number of rotatable bonds is 2. The molecule has 120 valence electrons. The molecule has 0 fully saturated rings. The Morgan fingerprint density at radius 2 is 2.04 bits per heavy atom. The van der Waals surface area contributed by atoms with E-state index in [4.69, 9.17) is 9.47 Å². The number of aromatic hydroxyl groups is 1. The number of hydrogen-bond donors (Lipinski definition) is 3. The molecule has 1 aliphatic heterocycles. The lowest BCUT2D eigenvalue weighted by molar-refractivity contribution is -0.113. The van der Waals surface area contributed by atoms with Gasteiger partial charge in [-0.05, 0) is 23.8 Å². The molecule has 0 amide bonds. The Kier molecular flexibility index (Phi) is 3.73. The van der Waals surface area contributed by atoms with Crippen molar-refractivity contribution in [3.8, 4) is 11.5 Å². The number of ether oxygens (including phenoxy) is 2. The standard InChI is InChI=1S/C17H16O6/c1-22-14-4-2-9(6-11(14)19)16-8-13(21)17-12(20)7-10(18)3-5-15(17)23-16/h2,4-7,16,19-21H,3,8H2,1H3. The summed E-state index contributed by atoms with van der Waals surface area (Å²) in [6, 6.07) is 4.83. The normalized spacial score (nSPS) is 20.9. The maximum atomic E-state index is 11.5. The van der Waals surface area contributed by atoms with E-state index in [2.05, 4.69) is 0 Å². The number of carbonyl (C=O) groups is 1. The van der Waals surface area contributed by atoms with Gasteiger partial charge in [0.2, 0.25) is 0 Å². The lowest BCUT2D eigenvalue weighted by atomic mass is 9.98. The number of phenols is 1. The summed E-state index contributed by atoms with van der Waals surface area (Å²) in [4.78, 5) is 11.5. The van der Waals surface area contributed by atoms with Crippen molar-refractivity contribution in [2.24, 2.45) is 0 Å². The Bertz CT molecular complexity index is 756. The van der Waals surface area contributed by atoms with Crippen LogP contribution in [0, 0.1) is 0 Å². The number of ketones is 1. The van der Waals surface area contributed by atoms with E-state index in [0.717, 1.165) is 6.08 Å². The third-order valence-electron chi connectivity index (χ3n) is 3.80. The smallest absolute Gasteiger partial charge is 0.163 e. The second-order valence-electron chi connectivity index (χ2n) is 5.33. The monoisotopic (exact) mass is 316 g/mol. The predicted molar refractivity (Wildman–Crippen MR) is 81.2 cm³/mol. The van der Waals surface area contributed by atoms with Gasteiger partial charge in [0, 0.05) is 18.9 Å². The Morgan fingerprint density at radius 1 is 1.26 bits per heavy atom. The summed E-state index contributed by atoms with van der Waals surface area (Å²) < 4.78 is 10.8. The minimum absolute atomic E-state index is 0.0318. The van der Waals surface area contributed by atoms with Gasteiger partial charge in [0.1, 0.15) is 23.4 Å². The summed E-state index contributed by atoms with van der Waals surface area (Å²) in [6.07, 6.45) is 2.27. The van der Waals surface area contributed by atoms with Gasteiger partial charge in [-0.1, -0.05) is 6.07 Å². The zero-order chi connectivity index (χ0) is 16.6. The molecule has 0 radical (unpaired) electrons. The van der Waals surface area contributed by atoms with Crippen molar-refractivity contribution < 1.29 is 29.6 Å². The number of allylic oxidation sites excluding steroid dienone is 2. The minimum atomic E-state index is -0.539. The maximum absolute atomic E-state index is 11.5. The SMILES string of the molecule is COc1ccc(C2CC(O)=C3C(O)=CC(=O)CC=C3O2)cc1O. The molecule has 0 bridgehead atoms. The molecule has 1 aliphatic carbocycles. The topological polar surface area (TPSA) is 96.2 Å². The van der Waals surface area contributed by atoms with E-state index in [0.29, 0.717) is 11.3 Å². The second kappa shape index (κ2) is 5.72. The fourth-order valence-electron chi connectivity index (χ4n) is 2.67. The van der Waals surface area contributed by atoms with E-state index in [1.807, 2.05) is 0 Å². The van der Waals surface area contributed by atoms with E-state index < -0.39 is 6.10 Å². The van der Waals surface area contributed by atoms with Gasteiger partial charge >= 0.3 is 0 Å². The third-order valence-corrected chi connectivity index (χ3v) is 3.80. The molecular weight excluding hydrogens is 300 g/mol. The van der Waals surface area contributed by atoms with Gasteiger partial charge in [0.25, 0.3) is 0 Å². The fourth-order valence-corrected chi connectivity index (χ4v) is 2.67. The van der Waals surface area contributed by atoms with Crippen LogP contribution in [0.25, 0.3) is 0 Å². The first-order valence-corrected chi connectivity index (χ1v) is 7.09. The number of aliphatic hydroxyl groups is 2. The summed E-state index contributed by atoms with van der Waals surface area (Å²) in [5.74, 6) is -0.0698. The van der Waals surface area contributed by atoms with E-state index >= 15 is 0 Å². The molecule has 6 nitrogen and oxygen atoms in total. The minimum Gasteiger partial charge on any atom is -0.511 e. The summed E-state index contributed by atoms with van der Waals surface area (Å²) >= 11 is 0. The van der Waals surface area contributed by atoms with E-state index in [1.165, 1.54) is 19.3 Å². The summed E-state index contributed by atoms with van der Waals surface area (Å²) in [5.41, 5.74) is 0.790. The number of fused-ring (bicyclic) bond motifs is 1. The zero-order valence-corrected chi connectivity index (χ0v) is 12.4. The maximum Gasteiger partial charge on any atom is 0.163 e. The van der Waals surface area contributed by atoms with Crippen LogP contribution in [0.15, 0.2) is 53.2 Å². The molecule has 2 aliphatic rings. The highest BCUT2D eigenvalue weighted by Gasteiger charge is 2.31. The number of hydrogen-bond acceptors (Lipinski definition) is 6. The first-order chi connectivity index (χ1) is 11.0. The van der Waals surface area contributed by atoms with Gasteiger partial charge in [-0.25, -0.2) is 0 Å². The lowest BCUT2D eigenvalue weighted by Crippen LogP contribution is -2.15. The number of carbonyl (C=O) groups excluding carboxylic acids is 1. The molecule has 0 aromatic heterocycles. The number of phenolic OH excluding ortho intramolecular Hbond substituents is 1. The lowest BCUT2D eigenvalue weighted by Gasteiger charge is -2.28. The number of methoxy groups -OCH3 is 1. The Labute approximate surface area is 132 Å². The largest absolute Gasteiger partial charge is 0.511 e. The van der Waals surface area contributed by atoms with Crippen LogP contribution in [-0.2, 0) is 9.53 Å². The van der Waals surface area contributed by atoms with Crippen LogP contribution in [0.3, 0.4) is 0 Å². The average Bonchev–Trinajstić information content (AvgIpc) is 2.65. The summed E-state index contributed by atoms with van der Waals surface area (Å²) in [7, 11) is 1.45. The Hall–Kier alpha value is -2.89. The Morgan fingerprint density at radius 3 is 2.74 bits per heavy atom. The molecule has 0 saturated heterocycles. The van der Waals surface area contributed by atoms with Crippen molar-refractivity contribution in [3.63, 3.8) is 0 Å². The van der Waals surface area contributed by atoms with Gasteiger partial charge in [-0.3, -0.25) is 4.79 Å². The van der Waals surface area contributed by atoms with Crippen molar-refractivity contribution in [2.45, 2.75) is 18.9 Å². The fraction of sp³-hybridized carbons (Fsp3) is 0.235. The van der Waals surface area contributed by atoms with Crippen LogP contribution in [0.2, 0.25) is 0 Å². The quantitative estimate of drug-likeness (QED) is 0.776. The third kappa shape index (κ3) is 2.75. The van der Waals surface area contributed by atoms with Gasteiger partial charge in [0.15, 0.2) is 17.3 Å². The molecule has 1 aromatic rings. The van der Waals surface area contributed by atoms with Crippen LogP contribution in [0.5, 0.6) is 11.5 Å². The zero-order valence-electron chi connectivity index (χ0n) is 12.4. The van der Waals surface area contributed by atoms with Crippen LogP contribution < -0.4 is 4.74 Å². The highest BCUT2D eigenvalue weighted by atomic mass is 16.5. The number of aliphatic hydroxyl groups excluding tert-OH is 2. The number of benzene rings is 1. The molecule has 1 heterocycles. The van der Waals surface area contributed by atoms with Crippen molar-refractivity contribution in [2.75, 3.05) is 7.11 Å². The van der Waals surface area contributed by atoms with Crippen LogP contribution in [0.1, 0.15) is 24.5 Å². The molecule has 0 saturated carbocycles. The van der Waals surface area contributed by atoms with Crippen LogP contribution >= 0.6 is 0 Å². The molecule has 1 unspecified atom stereocenters. The van der Waals surface area contributed by atoms with Crippen LogP contribution in [-0.4, -0.2) is 28.2 Å². The average molecular weight is 316 g/mol. The van der Waals surface area contributed by atoms with E-state index in [-0.39, 0.29) is 47.2 Å². The highest BCUT2D eigenvalue weighted by molar-refractivity contribution is 5.93. The van der Waals surface area contributed by atoms with E-state index in [9.17, 15) is 20.1 Å². The van der Waals surface area contributed by atoms with Gasteiger partial charge in [0.05, 0.1) is 12.7 Å². The first kappa shape index (κ1) is 15.0. The molecule has 23 heavy (non-hydrogen) atoms. The first-order valence-electron chi connectivity index (χ1n) is 7.09. The highest BCUT2D eigenvalue weighted by Crippen LogP contribution is 2.41.